The molecular weight excluding hydrogens is 156 g/mol. The number of hydrogen-bond donors (Lipinski definition) is 2. The molecule has 0 aliphatic heterocycles. The van der Waals surface area contributed by atoms with Crippen LogP contribution in [-0.4, -0.2) is 34.6 Å². The predicted molar refractivity (Wildman–Crippen MR) is 45.9 cm³/mol. The molecule has 0 aromatic heterocycles. The van der Waals surface area contributed by atoms with Crippen LogP contribution in [0.3, 0.4) is 0 Å². The highest BCUT2D eigenvalue weighted by Crippen LogP contribution is 2.22. The lowest BCUT2D eigenvalue weighted by atomic mass is 10.1. The first-order valence-corrected chi connectivity index (χ1v) is 4.51. The Kier molecular flexibility index (Phi) is 3.09. The molecule has 1 fully saturated rings. The molecule has 3 nitrogen and oxygen atoms in total. The van der Waals surface area contributed by atoms with Gasteiger partial charge in [0.2, 0.25) is 0 Å². The number of ether oxygens (including phenoxy) is 1. The van der Waals surface area contributed by atoms with Gasteiger partial charge in [-0.2, -0.15) is 0 Å². The molecule has 3 heteroatoms. The molecule has 0 saturated heterocycles. The van der Waals surface area contributed by atoms with Gasteiger partial charge in [0.1, 0.15) is 0 Å². The molecule has 0 bridgehead atoms. The van der Waals surface area contributed by atoms with Crippen LogP contribution in [0.1, 0.15) is 33.1 Å². The second kappa shape index (κ2) is 3.73. The first-order chi connectivity index (χ1) is 5.49. The van der Waals surface area contributed by atoms with Crippen LogP contribution in [0.4, 0.5) is 0 Å². The standard InChI is InChI=1S/C9H18O3/c1-9(2,11)6-12-8-5-3-4-7(8)10/h7-8,10-11H,3-6H2,1-2H3. The first kappa shape index (κ1) is 9.96. The lowest BCUT2D eigenvalue weighted by molar-refractivity contribution is -0.0810. The Morgan fingerprint density at radius 3 is 2.50 bits per heavy atom. The molecule has 0 spiro atoms. The Labute approximate surface area is 73.4 Å². The van der Waals surface area contributed by atoms with Crippen molar-refractivity contribution in [3.63, 3.8) is 0 Å². The van der Waals surface area contributed by atoms with Crippen molar-refractivity contribution in [1.82, 2.24) is 0 Å². The zero-order valence-corrected chi connectivity index (χ0v) is 7.79. The minimum atomic E-state index is -0.789. The number of rotatable bonds is 3. The van der Waals surface area contributed by atoms with E-state index >= 15 is 0 Å². The van der Waals surface area contributed by atoms with Crippen molar-refractivity contribution in [2.75, 3.05) is 6.61 Å². The number of aliphatic hydroxyl groups excluding tert-OH is 1. The summed E-state index contributed by atoms with van der Waals surface area (Å²) < 4.78 is 5.38. The lowest BCUT2D eigenvalue weighted by Crippen LogP contribution is -2.32. The Morgan fingerprint density at radius 1 is 1.42 bits per heavy atom. The normalized spacial score (nSPS) is 31.0. The fourth-order valence-electron chi connectivity index (χ4n) is 1.41. The highest BCUT2D eigenvalue weighted by atomic mass is 16.5. The summed E-state index contributed by atoms with van der Waals surface area (Å²) in [4.78, 5) is 0. The molecular formula is C9H18O3. The Hall–Kier alpha value is -0.120. The molecule has 1 aliphatic rings. The van der Waals surface area contributed by atoms with Gasteiger partial charge in [0.05, 0.1) is 24.4 Å². The molecule has 0 heterocycles. The summed E-state index contributed by atoms with van der Waals surface area (Å²) >= 11 is 0. The van der Waals surface area contributed by atoms with Gasteiger partial charge >= 0.3 is 0 Å². The third-order valence-corrected chi connectivity index (χ3v) is 2.07. The van der Waals surface area contributed by atoms with Crippen molar-refractivity contribution in [2.24, 2.45) is 0 Å². The van der Waals surface area contributed by atoms with Crippen LogP contribution < -0.4 is 0 Å². The molecule has 2 unspecified atom stereocenters. The Balaban J connectivity index is 2.23. The molecule has 1 rings (SSSR count). The second-order valence-corrected chi connectivity index (χ2v) is 4.16. The lowest BCUT2D eigenvalue weighted by Gasteiger charge is -2.22. The van der Waals surface area contributed by atoms with Gasteiger partial charge in [-0.25, -0.2) is 0 Å². The van der Waals surface area contributed by atoms with E-state index in [0.717, 1.165) is 19.3 Å². The topological polar surface area (TPSA) is 49.7 Å². The van der Waals surface area contributed by atoms with E-state index < -0.39 is 5.60 Å². The molecule has 12 heavy (non-hydrogen) atoms. The van der Waals surface area contributed by atoms with E-state index in [1.165, 1.54) is 0 Å². The molecule has 0 aromatic rings. The van der Waals surface area contributed by atoms with Gasteiger partial charge in [-0.1, -0.05) is 0 Å². The van der Waals surface area contributed by atoms with E-state index in [2.05, 4.69) is 0 Å². The molecule has 2 atom stereocenters. The van der Waals surface area contributed by atoms with E-state index in [0.29, 0.717) is 6.61 Å². The van der Waals surface area contributed by atoms with Crippen molar-refractivity contribution in [3.05, 3.63) is 0 Å². The van der Waals surface area contributed by atoms with E-state index in [1.54, 1.807) is 13.8 Å². The van der Waals surface area contributed by atoms with Crippen LogP contribution in [0.15, 0.2) is 0 Å². The Bertz CT molecular complexity index is 139. The van der Waals surface area contributed by atoms with Crippen molar-refractivity contribution in [3.8, 4) is 0 Å². The summed E-state index contributed by atoms with van der Waals surface area (Å²) in [5.41, 5.74) is -0.789. The summed E-state index contributed by atoms with van der Waals surface area (Å²) in [6.45, 7) is 3.71. The van der Waals surface area contributed by atoms with Crippen LogP contribution in [0.2, 0.25) is 0 Å². The van der Waals surface area contributed by atoms with E-state index in [-0.39, 0.29) is 12.2 Å². The Morgan fingerprint density at radius 2 is 2.08 bits per heavy atom. The number of aliphatic hydroxyl groups is 2. The third-order valence-electron chi connectivity index (χ3n) is 2.07. The van der Waals surface area contributed by atoms with Gasteiger partial charge in [0.15, 0.2) is 0 Å². The van der Waals surface area contributed by atoms with Crippen LogP contribution in [0.25, 0.3) is 0 Å². The minimum Gasteiger partial charge on any atom is -0.390 e. The summed E-state index contributed by atoms with van der Waals surface area (Å²) in [7, 11) is 0. The van der Waals surface area contributed by atoms with E-state index in [9.17, 15) is 10.2 Å². The second-order valence-electron chi connectivity index (χ2n) is 4.16. The summed E-state index contributed by atoms with van der Waals surface area (Å²) in [6, 6.07) is 0. The molecule has 0 aromatic carbocycles. The van der Waals surface area contributed by atoms with Crippen molar-refractivity contribution >= 4 is 0 Å². The first-order valence-electron chi connectivity index (χ1n) is 4.51. The van der Waals surface area contributed by atoms with Crippen LogP contribution >= 0.6 is 0 Å². The number of hydrogen-bond acceptors (Lipinski definition) is 3. The summed E-state index contributed by atoms with van der Waals surface area (Å²) in [6.07, 6.45) is 2.38. The summed E-state index contributed by atoms with van der Waals surface area (Å²) in [5.74, 6) is 0. The zero-order valence-electron chi connectivity index (χ0n) is 7.79. The highest BCUT2D eigenvalue weighted by molar-refractivity contribution is 4.78. The van der Waals surface area contributed by atoms with Crippen LogP contribution in [0, 0.1) is 0 Å². The van der Waals surface area contributed by atoms with E-state index in [4.69, 9.17) is 4.74 Å². The zero-order chi connectivity index (χ0) is 9.19. The van der Waals surface area contributed by atoms with Crippen molar-refractivity contribution in [1.29, 1.82) is 0 Å². The van der Waals surface area contributed by atoms with Gasteiger partial charge < -0.3 is 14.9 Å². The molecule has 0 amide bonds. The molecule has 1 saturated carbocycles. The van der Waals surface area contributed by atoms with Crippen LogP contribution in [0.5, 0.6) is 0 Å². The maximum atomic E-state index is 9.38. The van der Waals surface area contributed by atoms with E-state index in [1.807, 2.05) is 0 Å². The van der Waals surface area contributed by atoms with Crippen molar-refractivity contribution < 1.29 is 14.9 Å². The van der Waals surface area contributed by atoms with Gasteiger partial charge in [-0.3, -0.25) is 0 Å². The summed E-state index contributed by atoms with van der Waals surface area (Å²) in [5, 5.41) is 18.7. The third kappa shape index (κ3) is 3.09. The minimum absolute atomic E-state index is 0.0589. The smallest absolute Gasteiger partial charge is 0.0835 e. The van der Waals surface area contributed by atoms with Crippen LogP contribution in [-0.2, 0) is 4.74 Å². The average molecular weight is 174 g/mol. The maximum absolute atomic E-state index is 9.38. The quantitative estimate of drug-likeness (QED) is 0.661. The van der Waals surface area contributed by atoms with Gasteiger partial charge in [0, 0.05) is 0 Å². The largest absolute Gasteiger partial charge is 0.390 e. The molecule has 72 valence electrons. The molecule has 2 N–H and O–H groups in total. The highest BCUT2D eigenvalue weighted by Gasteiger charge is 2.27. The molecule has 1 aliphatic carbocycles. The fraction of sp³-hybridized carbons (Fsp3) is 1.00. The average Bonchev–Trinajstić information content (AvgIpc) is 2.29. The molecule has 0 radical (unpaired) electrons. The van der Waals surface area contributed by atoms with Gasteiger partial charge in [0.25, 0.3) is 0 Å². The van der Waals surface area contributed by atoms with Gasteiger partial charge in [-0.15, -0.1) is 0 Å². The maximum Gasteiger partial charge on any atom is 0.0835 e. The van der Waals surface area contributed by atoms with Crippen molar-refractivity contribution in [2.45, 2.75) is 50.9 Å². The predicted octanol–water partition coefficient (Wildman–Crippen LogP) is 0.687. The monoisotopic (exact) mass is 174 g/mol. The SMILES string of the molecule is CC(C)(O)COC1CCCC1O. The van der Waals surface area contributed by atoms with Gasteiger partial charge in [-0.05, 0) is 33.1 Å². The fourth-order valence-corrected chi connectivity index (χ4v) is 1.41.